The van der Waals surface area contributed by atoms with E-state index in [2.05, 4.69) is 35.2 Å². The zero-order valence-corrected chi connectivity index (χ0v) is 11.8. The summed E-state index contributed by atoms with van der Waals surface area (Å²) in [6.07, 6.45) is 6.54. The summed E-state index contributed by atoms with van der Waals surface area (Å²) in [4.78, 5) is 6.84. The van der Waals surface area contributed by atoms with Gasteiger partial charge in [-0.15, -0.1) is 0 Å². The molecule has 0 aromatic carbocycles. The molecule has 0 radical (unpaired) electrons. The van der Waals surface area contributed by atoms with Crippen LogP contribution in [0, 0.1) is 5.92 Å². The summed E-state index contributed by atoms with van der Waals surface area (Å²) in [6, 6.07) is 0.761. The van der Waals surface area contributed by atoms with Gasteiger partial charge in [-0.25, -0.2) is 4.98 Å². The van der Waals surface area contributed by atoms with Gasteiger partial charge in [-0.3, -0.25) is 4.90 Å². The molecule has 1 aromatic heterocycles. The number of nitrogens with zero attached hydrogens (tertiary/aromatic N) is 3. The first-order valence-corrected chi connectivity index (χ1v) is 7.09. The molecule has 0 spiro atoms. The topological polar surface area (TPSA) is 47.1 Å². The van der Waals surface area contributed by atoms with Crippen molar-refractivity contribution in [3.63, 3.8) is 0 Å². The van der Waals surface area contributed by atoms with Gasteiger partial charge in [0.05, 0.1) is 18.1 Å². The molecule has 1 aromatic rings. The summed E-state index contributed by atoms with van der Waals surface area (Å²) in [5.41, 5.74) is 7.29. The second-order valence-corrected chi connectivity index (χ2v) is 5.81. The van der Waals surface area contributed by atoms with Crippen LogP contribution in [0.1, 0.15) is 51.4 Å². The van der Waals surface area contributed by atoms with E-state index in [0.717, 1.165) is 19.0 Å². The zero-order valence-electron chi connectivity index (χ0n) is 11.8. The lowest BCUT2D eigenvalue weighted by Gasteiger charge is -2.37. The van der Waals surface area contributed by atoms with Crippen LogP contribution in [0.5, 0.6) is 0 Å². The largest absolute Gasteiger partial charge is 0.331 e. The van der Waals surface area contributed by atoms with Gasteiger partial charge in [-0.2, -0.15) is 0 Å². The summed E-state index contributed by atoms with van der Waals surface area (Å²) in [7, 11) is 0. The monoisotopic (exact) mass is 250 g/mol. The molecule has 1 fully saturated rings. The van der Waals surface area contributed by atoms with Crippen LogP contribution in [0.15, 0.2) is 12.5 Å². The number of likely N-dealkylation sites (tertiary alicyclic amines) is 1. The molecule has 2 rings (SSSR count). The van der Waals surface area contributed by atoms with E-state index in [1.54, 1.807) is 0 Å². The molecule has 1 aliphatic rings. The lowest BCUT2D eigenvalue weighted by atomic mass is 9.98. The van der Waals surface area contributed by atoms with Crippen molar-refractivity contribution in [1.82, 2.24) is 14.5 Å². The van der Waals surface area contributed by atoms with E-state index in [1.165, 1.54) is 18.5 Å². The van der Waals surface area contributed by atoms with Crippen LogP contribution >= 0.6 is 0 Å². The van der Waals surface area contributed by atoms with E-state index in [9.17, 15) is 0 Å². The highest BCUT2D eigenvalue weighted by molar-refractivity contribution is 5.08. The van der Waals surface area contributed by atoms with Gasteiger partial charge >= 0.3 is 0 Å². The second-order valence-electron chi connectivity index (χ2n) is 5.81. The first kappa shape index (κ1) is 13.6. The summed E-state index contributed by atoms with van der Waals surface area (Å²) in [5.74, 6) is 0.781. The van der Waals surface area contributed by atoms with Crippen LogP contribution in [0.3, 0.4) is 0 Å². The molecular formula is C14H26N4. The third-order valence-electron chi connectivity index (χ3n) is 3.95. The summed E-state index contributed by atoms with van der Waals surface area (Å²) in [6.45, 7) is 9.71. The maximum atomic E-state index is 6.03. The Morgan fingerprint density at radius 2 is 2.28 bits per heavy atom. The van der Waals surface area contributed by atoms with Gasteiger partial charge in [0, 0.05) is 25.3 Å². The van der Waals surface area contributed by atoms with E-state index < -0.39 is 0 Å². The Morgan fingerprint density at radius 3 is 2.89 bits per heavy atom. The molecular weight excluding hydrogens is 224 g/mol. The SMILES string of the molecule is CC1CCCN(C(CN)c2cncn2C(C)C)C1. The molecule has 102 valence electrons. The predicted molar refractivity (Wildman–Crippen MR) is 74.4 cm³/mol. The Kier molecular flexibility index (Phi) is 4.40. The number of aromatic nitrogens is 2. The van der Waals surface area contributed by atoms with Crippen molar-refractivity contribution >= 4 is 0 Å². The predicted octanol–water partition coefficient (Wildman–Crippen LogP) is 2.20. The van der Waals surface area contributed by atoms with Crippen molar-refractivity contribution in [3.8, 4) is 0 Å². The number of piperidine rings is 1. The van der Waals surface area contributed by atoms with Crippen molar-refractivity contribution in [1.29, 1.82) is 0 Å². The van der Waals surface area contributed by atoms with Crippen LogP contribution in [0.2, 0.25) is 0 Å². The Labute approximate surface area is 110 Å². The first-order chi connectivity index (χ1) is 8.63. The van der Waals surface area contributed by atoms with Crippen molar-refractivity contribution in [2.75, 3.05) is 19.6 Å². The van der Waals surface area contributed by atoms with Gasteiger partial charge in [-0.05, 0) is 39.2 Å². The van der Waals surface area contributed by atoms with E-state index >= 15 is 0 Å². The molecule has 0 saturated carbocycles. The molecule has 2 atom stereocenters. The van der Waals surface area contributed by atoms with Crippen molar-refractivity contribution < 1.29 is 0 Å². The number of nitrogens with two attached hydrogens (primary N) is 1. The number of rotatable bonds is 4. The Hall–Kier alpha value is -0.870. The molecule has 0 aliphatic carbocycles. The normalized spacial score (nSPS) is 23.5. The van der Waals surface area contributed by atoms with Crippen LogP contribution in [0.4, 0.5) is 0 Å². The van der Waals surface area contributed by atoms with Crippen LogP contribution in [0.25, 0.3) is 0 Å². The summed E-state index contributed by atoms with van der Waals surface area (Å²) >= 11 is 0. The van der Waals surface area contributed by atoms with Gasteiger partial charge in [0.2, 0.25) is 0 Å². The van der Waals surface area contributed by atoms with Crippen LogP contribution in [-0.2, 0) is 0 Å². The van der Waals surface area contributed by atoms with E-state index in [4.69, 9.17) is 5.73 Å². The molecule has 0 bridgehead atoms. The van der Waals surface area contributed by atoms with Gasteiger partial charge in [0.15, 0.2) is 0 Å². The third-order valence-corrected chi connectivity index (χ3v) is 3.95. The molecule has 18 heavy (non-hydrogen) atoms. The first-order valence-electron chi connectivity index (χ1n) is 7.09. The molecule has 1 aliphatic heterocycles. The zero-order chi connectivity index (χ0) is 13.1. The van der Waals surface area contributed by atoms with Crippen molar-refractivity contribution in [2.24, 2.45) is 11.7 Å². The van der Waals surface area contributed by atoms with Crippen molar-refractivity contribution in [2.45, 2.75) is 45.7 Å². The van der Waals surface area contributed by atoms with Gasteiger partial charge in [-0.1, -0.05) is 6.92 Å². The maximum Gasteiger partial charge on any atom is 0.0951 e. The average molecular weight is 250 g/mol. The molecule has 0 amide bonds. The molecule has 4 heteroatoms. The third kappa shape index (κ3) is 2.75. The van der Waals surface area contributed by atoms with Crippen molar-refractivity contribution in [3.05, 3.63) is 18.2 Å². The molecule has 4 nitrogen and oxygen atoms in total. The summed E-state index contributed by atoms with van der Waals surface area (Å²) in [5, 5.41) is 0. The lowest BCUT2D eigenvalue weighted by molar-refractivity contribution is 0.128. The van der Waals surface area contributed by atoms with Gasteiger partial charge < -0.3 is 10.3 Å². The van der Waals surface area contributed by atoms with Crippen LogP contribution in [-0.4, -0.2) is 34.1 Å². The van der Waals surface area contributed by atoms with E-state index in [-0.39, 0.29) is 0 Å². The highest BCUT2D eigenvalue weighted by Crippen LogP contribution is 2.27. The fourth-order valence-electron chi connectivity index (χ4n) is 2.97. The average Bonchev–Trinajstić information content (AvgIpc) is 2.79. The highest BCUT2D eigenvalue weighted by Gasteiger charge is 2.26. The highest BCUT2D eigenvalue weighted by atomic mass is 15.2. The molecule has 2 N–H and O–H groups in total. The lowest BCUT2D eigenvalue weighted by Crippen LogP contribution is -2.41. The standard InChI is InChI=1S/C14H26N4/c1-11(2)18-10-16-8-14(18)13(7-15)17-6-4-5-12(3)9-17/h8,10-13H,4-7,9,15H2,1-3H3. The Morgan fingerprint density at radius 1 is 1.50 bits per heavy atom. The number of hydrogen-bond acceptors (Lipinski definition) is 3. The molecule has 2 unspecified atom stereocenters. The van der Waals surface area contributed by atoms with E-state index in [1.807, 2.05) is 12.5 Å². The second kappa shape index (κ2) is 5.85. The minimum Gasteiger partial charge on any atom is -0.331 e. The smallest absolute Gasteiger partial charge is 0.0951 e. The number of imidazole rings is 1. The number of hydrogen-bond donors (Lipinski definition) is 1. The molecule has 2 heterocycles. The quantitative estimate of drug-likeness (QED) is 0.891. The van der Waals surface area contributed by atoms with Gasteiger partial charge in [0.1, 0.15) is 0 Å². The minimum atomic E-state index is 0.317. The van der Waals surface area contributed by atoms with Gasteiger partial charge in [0.25, 0.3) is 0 Å². The Balaban J connectivity index is 2.19. The summed E-state index contributed by atoms with van der Waals surface area (Å²) < 4.78 is 2.25. The van der Waals surface area contributed by atoms with E-state index in [0.29, 0.717) is 18.6 Å². The maximum absolute atomic E-state index is 6.03. The fourth-order valence-corrected chi connectivity index (χ4v) is 2.97. The molecule has 1 saturated heterocycles. The Bertz CT molecular complexity index is 372. The fraction of sp³-hybridized carbons (Fsp3) is 0.786. The minimum absolute atomic E-state index is 0.317. The van der Waals surface area contributed by atoms with Crippen LogP contribution < -0.4 is 5.73 Å².